The van der Waals surface area contributed by atoms with Gasteiger partial charge in [0.25, 0.3) is 0 Å². The van der Waals surface area contributed by atoms with Gasteiger partial charge in [-0.05, 0) is 159 Å². The highest BCUT2D eigenvalue weighted by Crippen LogP contribution is 2.55. The van der Waals surface area contributed by atoms with Crippen molar-refractivity contribution >= 4 is 88.5 Å². The fourth-order valence-electron chi connectivity index (χ4n) is 11.9. The molecule has 1 aromatic heterocycles. The fourth-order valence-corrected chi connectivity index (χ4v) is 13.2. The lowest BCUT2D eigenvalue weighted by molar-refractivity contribution is 0.332. The maximum Gasteiger partial charge on any atom is 0.334 e. The Kier molecular flexibility index (Phi) is 9.88. The average Bonchev–Trinajstić information content (AvgIpc) is 3.73. The molecular formula is C62H59BN2S. The largest absolute Gasteiger partial charge is 0.376 e. The van der Waals surface area contributed by atoms with Gasteiger partial charge in [-0.2, -0.15) is 0 Å². The molecule has 326 valence electrons. The van der Waals surface area contributed by atoms with Crippen LogP contribution in [-0.4, -0.2) is 6.85 Å². The monoisotopic (exact) mass is 874 g/mol. The van der Waals surface area contributed by atoms with Crippen LogP contribution in [0.3, 0.4) is 0 Å². The summed E-state index contributed by atoms with van der Waals surface area (Å²) in [6.45, 7) is 14.4. The van der Waals surface area contributed by atoms with Gasteiger partial charge in [0.15, 0.2) is 0 Å². The molecule has 0 unspecified atom stereocenters. The molecule has 2 aliphatic heterocycles. The van der Waals surface area contributed by atoms with E-state index < -0.39 is 0 Å². The van der Waals surface area contributed by atoms with Gasteiger partial charge < -0.3 is 9.71 Å². The van der Waals surface area contributed by atoms with Gasteiger partial charge in [0.05, 0.1) is 5.69 Å². The summed E-state index contributed by atoms with van der Waals surface area (Å²) < 4.78 is 2.71. The Morgan fingerprint density at radius 1 is 0.530 bits per heavy atom. The van der Waals surface area contributed by atoms with E-state index in [1.807, 2.05) is 11.3 Å². The van der Waals surface area contributed by atoms with Gasteiger partial charge in [-0.25, -0.2) is 0 Å². The minimum absolute atomic E-state index is 0.0525. The Hall–Kier alpha value is -6.10. The molecule has 0 atom stereocenters. The van der Waals surface area contributed by atoms with E-state index >= 15 is 0 Å². The molecule has 3 aliphatic rings. The van der Waals surface area contributed by atoms with E-state index in [-0.39, 0.29) is 17.7 Å². The number of anilines is 5. The van der Waals surface area contributed by atoms with Gasteiger partial charge in [-0.1, -0.05) is 151 Å². The van der Waals surface area contributed by atoms with E-state index in [1.165, 1.54) is 153 Å². The van der Waals surface area contributed by atoms with Crippen molar-refractivity contribution in [2.75, 3.05) is 9.71 Å². The molecule has 0 spiro atoms. The molecule has 0 fully saturated rings. The number of unbranched alkanes of at least 4 members (excludes halogenated alkanes) is 2. The summed E-state index contributed by atoms with van der Waals surface area (Å²) in [4.78, 5) is 5.46. The number of rotatable bonds is 9. The lowest BCUT2D eigenvalue weighted by atomic mass is 9.42. The highest BCUT2D eigenvalue weighted by atomic mass is 32.1. The van der Waals surface area contributed by atoms with Crippen LogP contribution in [0.5, 0.6) is 0 Å². The van der Waals surface area contributed by atoms with Crippen LogP contribution in [0.4, 0.5) is 28.4 Å². The van der Waals surface area contributed by atoms with Crippen molar-refractivity contribution in [2.45, 2.75) is 104 Å². The van der Waals surface area contributed by atoms with Crippen LogP contribution in [0.15, 0.2) is 152 Å². The third-order valence-corrected chi connectivity index (χ3v) is 16.9. The zero-order chi connectivity index (χ0) is 44.9. The topological polar surface area (TPSA) is 6.48 Å². The molecule has 1 aliphatic carbocycles. The first-order valence-electron chi connectivity index (χ1n) is 24.7. The molecule has 0 N–H and O–H groups in total. The van der Waals surface area contributed by atoms with E-state index in [1.54, 1.807) is 0 Å². The Morgan fingerprint density at radius 2 is 1.18 bits per heavy atom. The van der Waals surface area contributed by atoms with Crippen LogP contribution in [0, 0.1) is 0 Å². The predicted octanol–water partition coefficient (Wildman–Crippen LogP) is 16.6. The molecule has 2 nitrogen and oxygen atoms in total. The lowest BCUT2D eigenvalue weighted by Gasteiger charge is -2.48. The summed E-state index contributed by atoms with van der Waals surface area (Å²) in [7, 11) is 0. The van der Waals surface area contributed by atoms with Crippen molar-refractivity contribution < 1.29 is 0 Å². The number of hydrogen-bond donors (Lipinski definition) is 0. The Bertz CT molecular complexity index is 3360. The van der Waals surface area contributed by atoms with Crippen molar-refractivity contribution in [2.24, 2.45) is 0 Å². The van der Waals surface area contributed by atoms with Crippen LogP contribution >= 0.6 is 11.3 Å². The summed E-state index contributed by atoms with van der Waals surface area (Å²) >= 11 is 1.97. The highest BCUT2D eigenvalue weighted by Gasteiger charge is 2.49. The van der Waals surface area contributed by atoms with E-state index in [0.717, 1.165) is 12.8 Å². The number of benzene rings is 8. The summed E-state index contributed by atoms with van der Waals surface area (Å²) in [6, 6.07) is 59.2. The van der Waals surface area contributed by atoms with Crippen molar-refractivity contribution in [1.29, 1.82) is 0 Å². The van der Waals surface area contributed by atoms with Crippen LogP contribution in [0.2, 0.25) is 0 Å². The van der Waals surface area contributed by atoms with Crippen LogP contribution in [0.25, 0.3) is 53.2 Å². The highest BCUT2D eigenvalue weighted by molar-refractivity contribution is 7.27. The Morgan fingerprint density at radius 3 is 1.94 bits per heavy atom. The first kappa shape index (κ1) is 41.3. The Labute approximate surface area is 396 Å². The van der Waals surface area contributed by atoms with Crippen LogP contribution in [-0.2, 0) is 23.7 Å². The maximum absolute atomic E-state index is 2.78. The van der Waals surface area contributed by atoms with Gasteiger partial charge in [-0.3, -0.25) is 0 Å². The van der Waals surface area contributed by atoms with Crippen molar-refractivity contribution in [1.82, 2.24) is 0 Å². The molecule has 3 heterocycles. The SMILES string of the molecule is CCCCc1ccc(N2B3c4c(cc5ccccc5c4-c4cc5c(cc42)C(C)(C)CCC5(C)C)N(c2ccc(CCCC)cc2-c2ccccc2)c2ccc4c(sc5ccccc54)c23)cc1. The number of thiophene rings is 1. The minimum atomic E-state index is -0.0848. The number of aryl methyl sites for hydroxylation is 2. The standard InChI is InChI=1S/C62H59BN2S/c1-7-9-18-40-26-29-44(30-27-40)65-54-39-51-50(61(3,4)34-35-62(51,5)6)38-49(54)57-45-23-15-14-22-43(45)37-55-58(57)63(65)59-53(33-31-47-46-24-16-17-25-56(46)66-60(47)59)64(55)52-32-28-41(19-10-8-2)36-48(52)42-20-12-11-13-21-42/h11-17,20-33,36-39H,7-10,18-19,34-35H2,1-6H3. The van der Waals surface area contributed by atoms with Crippen LogP contribution in [0.1, 0.15) is 102 Å². The molecular weight excluding hydrogens is 816 g/mol. The van der Waals surface area contributed by atoms with Gasteiger partial charge in [0, 0.05) is 54.0 Å². The maximum atomic E-state index is 2.78. The average molecular weight is 875 g/mol. The first-order chi connectivity index (χ1) is 32.1. The second-order valence-electron chi connectivity index (χ2n) is 20.8. The Balaban J connectivity index is 1.25. The molecule has 0 amide bonds. The normalized spacial score (nSPS) is 15.5. The number of hydrogen-bond acceptors (Lipinski definition) is 3. The van der Waals surface area contributed by atoms with Crippen molar-refractivity contribution in [3.8, 4) is 22.3 Å². The molecule has 0 saturated carbocycles. The molecule has 0 saturated heterocycles. The molecule has 8 aromatic carbocycles. The van der Waals surface area contributed by atoms with Crippen molar-refractivity contribution in [3.63, 3.8) is 0 Å². The number of fused-ring (bicyclic) bond motifs is 11. The molecule has 4 heteroatoms. The summed E-state index contributed by atoms with van der Waals surface area (Å²) in [5.41, 5.74) is 20.3. The zero-order valence-electron chi connectivity index (χ0n) is 39.5. The molecule has 12 rings (SSSR count). The third-order valence-electron chi connectivity index (χ3n) is 15.7. The smallest absolute Gasteiger partial charge is 0.334 e. The molecule has 0 bridgehead atoms. The molecule has 9 aromatic rings. The number of nitrogens with zero attached hydrogens (tertiary/aromatic N) is 2. The zero-order valence-corrected chi connectivity index (χ0v) is 40.3. The van der Waals surface area contributed by atoms with Gasteiger partial charge in [0.2, 0.25) is 0 Å². The molecule has 66 heavy (non-hydrogen) atoms. The minimum Gasteiger partial charge on any atom is -0.376 e. The van der Waals surface area contributed by atoms with Gasteiger partial charge >= 0.3 is 6.85 Å². The first-order valence-corrected chi connectivity index (χ1v) is 25.5. The van der Waals surface area contributed by atoms with E-state index in [4.69, 9.17) is 0 Å². The van der Waals surface area contributed by atoms with E-state index in [9.17, 15) is 0 Å². The van der Waals surface area contributed by atoms with E-state index in [0.29, 0.717) is 0 Å². The van der Waals surface area contributed by atoms with Crippen molar-refractivity contribution in [3.05, 3.63) is 174 Å². The summed E-state index contributed by atoms with van der Waals surface area (Å²) in [5, 5.41) is 5.28. The lowest BCUT2D eigenvalue weighted by Crippen LogP contribution is -2.61. The predicted molar refractivity (Wildman–Crippen MR) is 289 cm³/mol. The fraction of sp³-hybridized carbons (Fsp3) is 0.258. The van der Waals surface area contributed by atoms with E-state index in [2.05, 4.69) is 203 Å². The third kappa shape index (κ3) is 6.42. The second-order valence-corrected chi connectivity index (χ2v) is 21.8. The summed E-state index contributed by atoms with van der Waals surface area (Å²) in [6.07, 6.45) is 9.27. The summed E-state index contributed by atoms with van der Waals surface area (Å²) in [5.74, 6) is 0. The van der Waals surface area contributed by atoms with Crippen LogP contribution < -0.4 is 20.6 Å². The molecule has 0 radical (unpaired) electrons. The van der Waals surface area contributed by atoms with Gasteiger partial charge in [0.1, 0.15) is 0 Å². The van der Waals surface area contributed by atoms with Gasteiger partial charge in [-0.15, -0.1) is 11.3 Å². The quantitative estimate of drug-likeness (QED) is 0.133. The second kappa shape index (κ2) is 15.8.